The minimum absolute atomic E-state index is 0.0785. The molecule has 2 aromatic carbocycles. The van der Waals surface area contributed by atoms with Crippen molar-refractivity contribution in [3.05, 3.63) is 63.9 Å². The first kappa shape index (κ1) is 17.2. The number of carbonyl (C=O) groups excluding carboxylic acids is 1. The van der Waals surface area contributed by atoms with Crippen molar-refractivity contribution in [1.29, 1.82) is 0 Å². The smallest absolute Gasteiger partial charge is 0.268 e. The van der Waals surface area contributed by atoms with Crippen molar-refractivity contribution in [2.45, 2.75) is 13.0 Å². The lowest BCUT2D eigenvalue weighted by Crippen LogP contribution is -2.26. The van der Waals surface area contributed by atoms with Crippen molar-refractivity contribution in [3.8, 4) is 0 Å². The van der Waals surface area contributed by atoms with E-state index in [4.69, 9.17) is 28.0 Å². The zero-order valence-corrected chi connectivity index (χ0v) is 13.6. The third-order valence-electron chi connectivity index (χ3n) is 2.89. The van der Waals surface area contributed by atoms with Gasteiger partial charge >= 0.3 is 0 Å². The molecule has 2 rings (SSSR count). The molecule has 0 saturated heterocycles. The van der Waals surface area contributed by atoms with Crippen molar-refractivity contribution in [2.75, 3.05) is 5.32 Å². The number of halogens is 3. The number of benzene rings is 2. The highest BCUT2D eigenvalue weighted by molar-refractivity contribution is 6.43. The molecule has 0 aromatic heterocycles. The van der Waals surface area contributed by atoms with E-state index in [0.29, 0.717) is 15.6 Å². The van der Waals surface area contributed by atoms with Gasteiger partial charge in [0.05, 0.1) is 21.9 Å². The molecule has 0 spiro atoms. The molecule has 1 amide bonds. The van der Waals surface area contributed by atoms with E-state index in [0.717, 1.165) is 0 Å². The van der Waals surface area contributed by atoms with Gasteiger partial charge < -0.3 is 10.2 Å². The van der Waals surface area contributed by atoms with E-state index in [2.05, 4.69) is 10.5 Å². The molecule has 0 aliphatic rings. The van der Waals surface area contributed by atoms with Gasteiger partial charge in [-0.3, -0.25) is 4.79 Å². The number of carbonyl (C=O) groups is 1. The maximum absolute atomic E-state index is 13.5. The number of hydrogen-bond acceptors (Lipinski definition) is 3. The van der Waals surface area contributed by atoms with Crippen molar-refractivity contribution >= 4 is 41.0 Å². The number of amides is 1. The molecular formula is C16H13Cl2FN2O2. The van der Waals surface area contributed by atoms with Crippen LogP contribution in [-0.2, 0) is 9.63 Å². The van der Waals surface area contributed by atoms with Gasteiger partial charge in [0, 0.05) is 5.56 Å². The molecule has 0 fully saturated rings. The summed E-state index contributed by atoms with van der Waals surface area (Å²) in [5.41, 5.74) is 0.635. The van der Waals surface area contributed by atoms with Gasteiger partial charge in [0.15, 0.2) is 0 Å². The molecule has 0 aliphatic carbocycles. The van der Waals surface area contributed by atoms with Gasteiger partial charge in [-0.25, -0.2) is 4.39 Å². The summed E-state index contributed by atoms with van der Waals surface area (Å²) in [6.45, 7) is 1.49. The van der Waals surface area contributed by atoms with Crippen LogP contribution in [0.5, 0.6) is 0 Å². The largest absolute Gasteiger partial charge is 0.383 e. The zero-order valence-electron chi connectivity index (χ0n) is 12.1. The van der Waals surface area contributed by atoms with Crippen molar-refractivity contribution in [1.82, 2.24) is 0 Å². The standard InChI is InChI=1S/C16H13Cl2FN2O2/c1-10(16(22)21-14-8-3-2-7-13(14)19)23-20-9-11-5-4-6-12(17)15(11)18/h2-10H,1H3,(H,21,22)/b20-9-/t10-/m1/s1. The number of hydrogen-bond donors (Lipinski definition) is 1. The Hall–Kier alpha value is -2.11. The maximum Gasteiger partial charge on any atom is 0.268 e. The second kappa shape index (κ2) is 7.94. The lowest BCUT2D eigenvalue weighted by molar-refractivity contribution is -0.126. The summed E-state index contributed by atoms with van der Waals surface area (Å²) in [5.74, 6) is -1.05. The number of para-hydroxylation sites is 1. The summed E-state index contributed by atoms with van der Waals surface area (Å²) in [4.78, 5) is 17.0. The molecule has 0 bridgehead atoms. The van der Waals surface area contributed by atoms with E-state index in [9.17, 15) is 9.18 Å². The van der Waals surface area contributed by atoms with Gasteiger partial charge in [-0.15, -0.1) is 0 Å². The summed E-state index contributed by atoms with van der Waals surface area (Å²) in [7, 11) is 0. The van der Waals surface area contributed by atoms with E-state index in [1.807, 2.05) is 0 Å². The van der Waals surface area contributed by atoms with Gasteiger partial charge in [0.1, 0.15) is 5.82 Å². The monoisotopic (exact) mass is 354 g/mol. The van der Waals surface area contributed by atoms with Crippen LogP contribution in [0.1, 0.15) is 12.5 Å². The van der Waals surface area contributed by atoms with Gasteiger partial charge in [0.25, 0.3) is 5.91 Å². The Labute approximate surface area is 142 Å². The zero-order chi connectivity index (χ0) is 16.8. The summed E-state index contributed by atoms with van der Waals surface area (Å²) in [6, 6.07) is 10.9. The first-order chi connectivity index (χ1) is 11.0. The molecule has 2 aromatic rings. The van der Waals surface area contributed by atoms with Crippen LogP contribution in [-0.4, -0.2) is 18.2 Å². The fraction of sp³-hybridized carbons (Fsp3) is 0.125. The van der Waals surface area contributed by atoms with Crippen LogP contribution in [0.2, 0.25) is 10.0 Å². The third-order valence-corrected chi connectivity index (χ3v) is 3.73. The first-order valence-electron chi connectivity index (χ1n) is 6.67. The lowest BCUT2D eigenvalue weighted by Gasteiger charge is -2.11. The summed E-state index contributed by atoms with van der Waals surface area (Å²) < 4.78 is 13.5. The molecule has 0 saturated carbocycles. The Morgan fingerprint density at radius 2 is 2.00 bits per heavy atom. The topological polar surface area (TPSA) is 50.7 Å². The number of nitrogens with zero attached hydrogens (tertiary/aromatic N) is 1. The summed E-state index contributed by atoms with van der Waals surface area (Å²) >= 11 is 11.9. The van der Waals surface area contributed by atoms with Gasteiger partial charge in [-0.1, -0.05) is 52.6 Å². The molecular weight excluding hydrogens is 342 g/mol. The summed E-state index contributed by atoms with van der Waals surface area (Å²) in [6.07, 6.45) is 0.435. The number of oxime groups is 1. The van der Waals surface area contributed by atoms with E-state index in [-0.39, 0.29) is 5.69 Å². The normalized spacial score (nSPS) is 12.2. The number of nitrogens with one attached hydrogen (secondary N) is 1. The van der Waals surface area contributed by atoms with Gasteiger partial charge in [-0.2, -0.15) is 0 Å². The van der Waals surface area contributed by atoms with E-state index < -0.39 is 17.8 Å². The Morgan fingerprint density at radius 1 is 1.26 bits per heavy atom. The molecule has 7 heteroatoms. The molecule has 1 atom stereocenters. The van der Waals surface area contributed by atoms with Gasteiger partial charge in [0.2, 0.25) is 6.10 Å². The Bertz CT molecular complexity index is 738. The predicted octanol–water partition coefficient (Wildman–Crippen LogP) is 4.51. The molecule has 4 nitrogen and oxygen atoms in total. The second-order valence-corrected chi connectivity index (χ2v) is 5.38. The fourth-order valence-electron chi connectivity index (χ4n) is 1.64. The molecule has 0 aliphatic heterocycles. The van der Waals surface area contributed by atoms with Crippen LogP contribution < -0.4 is 5.32 Å². The van der Waals surface area contributed by atoms with Crippen LogP contribution >= 0.6 is 23.2 Å². The van der Waals surface area contributed by atoms with Gasteiger partial charge in [-0.05, 0) is 25.1 Å². The Balaban J connectivity index is 1.95. The minimum Gasteiger partial charge on any atom is -0.383 e. The third kappa shape index (κ3) is 4.68. The Kier molecular flexibility index (Phi) is 5.96. The molecule has 0 radical (unpaired) electrons. The highest BCUT2D eigenvalue weighted by Crippen LogP contribution is 2.24. The lowest BCUT2D eigenvalue weighted by atomic mass is 10.2. The number of anilines is 1. The van der Waals surface area contributed by atoms with E-state index >= 15 is 0 Å². The predicted molar refractivity (Wildman–Crippen MR) is 89.6 cm³/mol. The van der Waals surface area contributed by atoms with Crippen LogP contribution in [0, 0.1) is 5.82 Å². The van der Waals surface area contributed by atoms with Crippen LogP contribution in [0.4, 0.5) is 10.1 Å². The summed E-state index contributed by atoms with van der Waals surface area (Å²) in [5, 5.41) is 6.85. The SMILES string of the molecule is C[C@@H](O/N=C\c1cccc(Cl)c1Cl)C(=O)Nc1ccccc1F. The second-order valence-electron chi connectivity index (χ2n) is 4.59. The molecule has 0 heterocycles. The quantitative estimate of drug-likeness (QED) is 0.634. The first-order valence-corrected chi connectivity index (χ1v) is 7.43. The number of rotatable bonds is 5. The highest BCUT2D eigenvalue weighted by atomic mass is 35.5. The van der Waals surface area contributed by atoms with Crippen LogP contribution in [0.15, 0.2) is 47.6 Å². The van der Waals surface area contributed by atoms with E-state index in [1.165, 1.54) is 31.3 Å². The molecule has 23 heavy (non-hydrogen) atoms. The van der Waals surface area contributed by atoms with Crippen molar-refractivity contribution < 1.29 is 14.0 Å². The molecule has 0 unspecified atom stereocenters. The van der Waals surface area contributed by atoms with Crippen LogP contribution in [0.25, 0.3) is 0 Å². The van der Waals surface area contributed by atoms with Crippen molar-refractivity contribution in [3.63, 3.8) is 0 Å². The fourth-order valence-corrected chi connectivity index (χ4v) is 2.00. The molecule has 1 N–H and O–H groups in total. The average molecular weight is 355 g/mol. The van der Waals surface area contributed by atoms with E-state index in [1.54, 1.807) is 24.3 Å². The average Bonchev–Trinajstić information content (AvgIpc) is 2.53. The maximum atomic E-state index is 13.5. The minimum atomic E-state index is -0.913. The van der Waals surface area contributed by atoms with Crippen molar-refractivity contribution in [2.24, 2.45) is 5.16 Å². The Morgan fingerprint density at radius 3 is 2.74 bits per heavy atom. The van der Waals surface area contributed by atoms with Crippen LogP contribution in [0.3, 0.4) is 0 Å². The molecule has 120 valence electrons. The highest BCUT2D eigenvalue weighted by Gasteiger charge is 2.15.